The molecule has 178 valence electrons. The quantitative estimate of drug-likeness (QED) is 0.575. The number of carbonyl (C=O) groups excluding carboxylic acids is 2. The van der Waals surface area contributed by atoms with Crippen molar-refractivity contribution in [2.45, 2.75) is 32.0 Å². The fourth-order valence-corrected chi connectivity index (χ4v) is 3.89. The van der Waals surface area contributed by atoms with Crippen LogP contribution in [0.25, 0.3) is 0 Å². The molecule has 8 nitrogen and oxygen atoms in total. The zero-order valence-electron chi connectivity index (χ0n) is 18.0. The monoisotopic (exact) mass is 468 g/mol. The van der Waals surface area contributed by atoms with Crippen molar-refractivity contribution in [2.24, 2.45) is 5.92 Å². The number of benzene rings is 1. The van der Waals surface area contributed by atoms with Gasteiger partial charge < -0.3 is 24.5 Å². The van der Waals surface area contributed by atoms with Gasteiger partial charge in [0.05, 0.1) is 12.0 Å². The summed E-state index contributed by atoms with van der Waals surface area (Å²) in [5.74, 6) is -6.55. The van der Waals surface area contributed by atoms with Gasteiger partial charge in [0.25, 0.3) is 5.91 Å². The lowest BCUT2D eigenvalue weighted by Gasteiger charge is -2.32. The number of fused-ring (bicyclic) bond motifs is 1. The van der Waals surface area contributed by atoms with E-state index in [0.29, 0.717) is 31.6 Å². The number of carbonyl (C=O) groups is 2. The van der Waals surface area contributed by atoms with Crippen LogP contribution < -0.4 is 10.7 Å². The highest BCUT2D eigenvalue weighted by molar-refractivity contribution is 6.01. The molecule has 0 saturated heterocycles. The summed E-state index contributed by atoms with van der Waals surface area (Å²) in [5.41, 5.74) is -2.46. The van der Waals surface area contributed by atoms with Crippen molar-refractivity contribution in [3.8, 4) is 5.75 Å². The molecule has 0 unspecified atom stereocenters. The number of hydrogen-bond acceptors (Lipinski definition) is 6. The summed E-state index contributed by atoms with van der Waals surface area (Å²) in [6, 6.07) is 0.924. The number of ketones is 1. The second kappa shape index (κ2) is 10.2. The number of rotatable bonds is 8. The van der Waals surface area contributed by atoms with Crippen molar-refractivity contribution in [2.75, 3.05) is 20.8 Å². The van der Waals surface area contributed by atoms with Gasteiger partial charge in [-0.1, -0.05) is 0 Å². The molecule has 11 heteroatoms. The molecule has 2 N–H and O–H groups in total. The molecular weight excluding hydrogens is 445 g/mol. The second-order valence-corrected chi connectivity index (χ2v) is 7.63. The van der Waals surface area contributed by atoms with E-state index in [-0.39, 0.29) is 12.2 Å². The molecule has 2 aromatic rings. The molecule has 33 heavy (non-hydrogen) atoms. The Morgan fingerprint density at radius 3 is 2.48 bits per heavy atom. The fraction of sp³-hybridized carbons (Fsp3) is 0.409. The number of aromatic hydroxyl groups is 1. The minimum absolute atomic E-state index is 0.0879. The number of nitrogens with one attached hydrogen (secondary N) is 1. The van der Waals surface area contributed by atoms with E-state index < -0.39 is 70.0 Å². The van der Waals surface area contributed by atoms with E-state index in [1.807, 2.05) is 0 Å². The number of halogens is 3. The molecule has 1 aromatic carbocycles. The lowest BCUT2D eigenvalue weighted by Crippen LogP contribution is -2.42. The third-order valence-corrected chi connectivity index (χ3v) is 5.59. The topological polar surface area (TPSA) is 107 Å². The van der Waals surface area contributed by atoms with E-state index in [1.165, 1.54) is 18.8 Å². The first-order valence-corrected chi connectivity index (χ1v) is 10.1. The van der Waals surface area contributed by atoms with Crippen LogP contribution in [0.1, 0.15) is 39.3 Å². The van der Waals surface area contributed by atoms with Crippen molar-refractivity contribution < 1.29 is 37.3 Å². The molecule has 2 heterocycles. The third-order valence-electron chi connectivity index (χ3n) is 5.59. The van der Waals surface area contributed by atoms with Gasteiger partial charge in [0.1, 0.15) is 28.7 Å². The van der Waals surface area contributed by atoms with Crippen molar-refractivity contribution in [3.63, 3.8) is 0 Å². The van der Waals surface area contributed by atoms with Gasteiger partial charge in [-0.2, -0.15) is 0 Å². The highest BCUT2D eigenvalue weighted by Crippen LogP contribution is 2.30. The molecule has 1 aromatic heterocycles. The summed E-state index contributed by atoms with van der Waals surface area (Å²) in [7, 11) is 2.96. The first-order chi connectivity index (χ1) is 15.7. The van der Waals surface area contributed by atoms with E-state index in [0.717, 1.165) is 6.20 Å². The number of ether oxygens (including phenoxy) is 2. The van der Waals surface area contributed by atoms with E-state index in [1.54, 1.807) is 0 Å². The molecule has 3 rings (SSSR count). The Bertz CT molecular complexity index is 1110. The minimum atomic E-state index is -1.20. The Morgan fingerprint density at radius 1 is 1.21 bits per heavy atom. The molecule has 1 aliphatic heterocycles. The van der Waals surface area contributed by atoms with Gasteiger partial charge in [0.15, 0.2) is 11.5 Å². The number of Topliss-reactive ketones (excluding diaryl/α,β-unsaturated/α-hetero) is 1. The smallest absolute Gasteiger partial charge is 0.257 e. The fourth-order valence-electron chi connectivity index (χ4n) is 3.89. The number of amides is 1. The lowest BCUT2D eigenvalue weighted by atomic mass is 9.86. The Balaban J connectivity index is 1.88. The SMILES string of the molecule is COCCC[C@@H]1C(=O)c2c(O)c(=O)c(C(=O)NCc3c(F)cc(F)cc3F)cn2C[C@@H]1OC. The highest BCUT2D eigenvalue weighted by atomic mass is 19.1. The van der Waals surface area contributed by atoms with Gasteiger partial charge in [-0.15, -0.1) is 0 Å². The lowest BCUT2D eigenvalue weighted by molar-refractivity contribution is 0.0204. The average molecular weight is 468 g/mol. The Labute approximate surface area is 186 Å². The maximum atomic E-state index is 13.8. The van der Waals surface area contributed by atoms with Crippen LogP contribution in [0.5, 0.6) is 5.75 Å². The van der Waals surface area contributed by atoms with Gasteiger partial charge >= 0.3 is 0 Å². The minimum Gasteiger partial charge on any atom is -0.503 e. The Kier molecular flexibility index (Phi) is 7.54. The number of pyridine rings is 1. The number of methoxy groups -OCH3 is 2. The van der Waals surface area contributed by atoms with Gasteiger partial charge in [-0.05, 0) is 12.8 Å². The Morgan fingerprint density at radius 2 is 1.88 bits per heavy atom. The molecule has 0 bridgehead atoms. The van der Waals surface area contributed by atoms with Crippen molar-refractivity contribution >= 4 is 11.7 Å². The Hall–Kier alpha value is -3.18. The summed E-state index contributed by atoms with van der Waals surface area (Å²) in [6.07, 6.45) is 1.51. The van der Waals surface area contributed by atoms with Crippen LogP contribution >= 0.6 is 0 Å². The van der Waals surface area contributed by atoms with Crippen LogP contribution in [-0.4, -0.2) is 48.3 Å². The predicted molar refractivity (Wildman–Crippen MR) is 110 cm³/mol. The largest absolute Gasteiger partial charge is 0.503 e. The maximum absolute atomic E-state index is 13.8. The number of hydrogen-bond donors (Lipinski definition) is 2. The summed E-state index contributed by atoms with van der Waals surface area (Å²) < 4.78 is 52.3. The predicted octanol–water partition coefficient (Wildman–Crippen LogP) is 2.16. The van der Waals surface area contributed by atoms with Gasteiger partial charge in [-0.25, -0.2) is 13.2 Å². The highest BCUT2D eigenvalue weighted by Gasteiger charge is 2.38. The van der Waals surface area contributed by atoms with Gasteiger partial charge in [0, 0.05) is 57.8 Å². The van der Waals surface area contributed by atoms with Crippen molar-refractivity contribution in [1.29, 1.82) is 0 Å². The zero-order valence-corrected chi connectivity index (χ0v) is 18.0. The van der Waals surface area contributed by atoms with Crippen LogP contribution in [-0.2, 0) is 22.6 Å². The van der Waals surface area contributed by atoms with Crippen LogP contribution in [0.15, 0.2) is 23.1 Å². The standard InChI is InChI=1S/C22H23F3N2O6/c1-32-5-3-4-12-17(33-2)10-27-9-14(20(29)21(30)18(27)19(12)28)22(31)26-8-13-15(24)6-11(23)7-16(13)25/h6-7,9,12,17,30H,3-5,8,10H2,1-2H3,(H,26,31)/t12-,17-/m0/s1. The van der Waals surface area contributed by atoms with Crippen LogP contribution in [0.3, 0.4) is 0 Å². The summed E-state index contributed by atoms with van der Waals surface area (Å²) >= 11 is 0. The van der Waals surface area contributed by atoms with E-state index >= 15 is 0 Å². The molecule has 0 saturated carbocycles. The summed E-state index contributed by atoms with van der Waals surface area (Å²) in [4.78, 5) is 38.2. The number of aromatic nitrogens is 1. The van der Waals surface area contributed by atoms with E-state index in [2.05, 4.69) is 5.32 Å². The normalized spacial score (nSPS) is 17.7. The molecule has 0 radical (unpaired) electrons. The molecular formula is C22H23F3N2O6. The van der Waals surface area contributed by atoms with Crippen molar-refractivity contribution in [3.05, 3.63) is 62.8 Å². The molecule has 0 aliphatic carbocycles. The van der Waals surface area contributed by atoms with E-state index in [4.69, 9.17) is 9.47 Å². The molecule has 0 spiro atoms. The van der Waals surface area contributed by atoms with Gasteiger partial charge in [-0.3, -0.25) is 14.4 Å². The molecule has 1 aliphatic rings. The zero-order chi connectivity index (χ0) is 24.3. The summed E-state index contributed by atoms with van der Waals surface area (Å²) in [6.45, 7) is -0.155. The third kappa shape index (κ3) is 4.93. The molecule has 1 amide bonds. The average Bonchev–Trinajstić information content (AvgIpc) is 2.76. The van der Waals surface area contributed by atoms with E-state index in [9.17, 15) is 32.7 Å². The van der Waals surface area contributed by atoms with Crippen molar-refractivity contribution in [1.82, 2.24) is 9.88 Å². The first kappa shape index (κ1) is 24.5. The van der Waals surface area contributed by atoms with Crippen LogP contribution in [0.4, 0.5) is 13.2 Å². The first-order valence-electron chi connectivity index (χ1n) is 10.1. The van der Waals surface area contributed by atoms with Crippen LogP contribution in [0, 0.1) is 23.4 Å². The summed E-state index contributed by atoms with van der Waals surface area (Å²) in [5, 5.41) is 12.6. The van der Waals surface area contributed by atoms with Gasteiger partial charge in [0.2, 0.25) is 5.43 Å². The second-order valence-electron chi connectivity index (χ2n) is 7.63. The molecule has 2 atom stereocenters. The molecule has 0 fully saturated rings. The van der Waals surface area contributed by atoms with Crippen LogP contribution in [0.2, 0.25) is 0 Å². The maximum Gasteiger partial charge on any atom is 0.257 e. The number of nitrogens with zero attached hydrogens (tertiary/aromatic N) is 1.